The average Bonchev–Trinajstić information content (AvgIpc) is 2.83. The zero-order chi connectivity index (χ0) is 26.2. The smallest absolute Gasteiger partial charge is 0.316 e. The molecular formula is C22H23ClF3N7O3. The standard InChI is InChI=1S/C22H23ClF3N7O3/c1-27-16(34)3-6-33-15-10-12(9-14(24)17(15)31(2)19(35)20(33)36)29-18-13(23)11-28-21(30-18)32-7-4-22(25,26)5-8-32/h9-11H,3-8H2,1-2H3,(H,27,34)(H,28,29,30). The van der Waals surface area contributed by atoms with Crippen LogP contribution in [0.1, 0.15) is 19.3 Å². The van der Waals surface area contributed by atoms with E-state index in [1.165, 1.54) is 26.4 Å². The van der Waals surface area contributed by atoms with Crippen LogP contribution >= 0.6 is 11.6 Å². The number of alkyl halides is 2. The lowest BCUT2D eigenvalue weighted by molar-refractivity contribution is -0.120. The molecule has 2 aromatic heterocycles. The first-order valence-electron chi connectivity index (χ1n) is 11.1. The highest BCUT2D eigenvalue weighted by molar-refractivity contribution is 6.32. The predicted octanol–water partition coefficient (Wildman–Crippen LogP) is 2.40. The molecule has 10 nitrogen and oxygen atoms in total. The van der Waals surface area contributed by atoms with E-state index >= 15 is 4.39 Å². The highest BCUT2D eigenvalue weighted by Crippen LogP contribution is 2.31. The summed E-state index contributed by atoms with van der Waals surface area (Å²) in [6.07, 6.45) is 0.543. The van der Waals surface area contributed by atoms with Gasteiger partial charge in [0.1, 0.15) is 10.5 Å². The monoisotopic (exact) mass is 525 g/mol. The second-order valence-electron chi connectivity index (χ2n) is 8.40. The minimum Gasteiger partial charge on any atom is -0.359 e. The fourth-order valence-corrected chi connectivity index (χ4v) is 4.13. The molecular weight excluding hydrogens is 503 g/mol. The van der Waals surface area contributed by atoms with Crippen LogP contribution in [0.25, 0.3) is 11.0 Å². The summed E-state index contributed by atoms with van der Waals surface area (Å²) in [7, 11) is 2.71. The maximum Gasteiger partial charge on any atom is 0.316 e. The van der Waals surface area contributed by atoms with E-state index in [0.29, 0.717) is 0 Å². The summed E-state index contributed by atoms with van der Waals surface area (Å²) in [5, 5.41) is 5.40. The van der Waals surface area contributed by atoms with Gasteiger partial charge in [-0.25, -0.2) is 18.2 Å². The summed E-state index contributed by atoms with van der Waals surface area (Å²) in [5.74, 6) is -3.61. The van der Waals surface area contributed by atoms with Gasteiger partial charge >= 0.3 is 11.1 Å². The topological polar surface area (TPSA) is 114 Å². The normalized spacial score (nSPS) is 15.2. The van der Waals surface area contributed by atoms with Crippen molar-refractivity contribution < 1.29 is 18.0 Å². The zero-order valence-electron chi connectivity index (χ0n) is 19.4. The van der Waals surface area contributed by atoms with Crippen molar-refractivity contribution in [2.45, 2.75) is 31.7 Å². The van der Waals surface area contributed by atoms with E-state index in [-0.39, 0.29) is 78.3 Å². The molecule has 3 heterocycles. The van der Waals surface area contributed by atoms with Crippen molar-refractivity contribution in [1.29, 1.82) is 0 Å². The summed E-state index contributed by atoms with van der Waals surface area (Å²) in [4.78, 5) is 46.8. The summed E-state index contributed by atoms with van der Waals surface area (Å²) in [5.41, 5.74) is -1.73. The van der Waals surface area contributed by atoms with Gasteiger partial charge in [-0.05, 0) is 12.1 Å². The molecule has 1 aliphatic heterocycles. The first-order valence-corrected chi connectivity index (χ1v) is 11.4. The van der Waals surface area contributed by atoms with Gasteiger partial charge in [-0.1, -0.05) is 11.6 Å². The van der Waals surface area contributed by atoms with E-state index in [2.05, 4.69) is 20.6 Å². The molecule has 192 valence electrons. The van der Waals surface area contributed by atoms with Gasteiger partial charge in [0, 0.05) is 58.7 Å². The number of aromatic nitrogens is 4. The van der Waals surface area contributed by atoms with Gasteiger partial charge in [0.25, 0.3) is 5.92 Å². The molecule has 1 fully saturated rings. The number of hydrogen-bond acceptors (Lipinski definition) is 7. The molecule has 4 rings (SSSR count). The maximum absolute atomic E-state index is 15.2. The van der Waals surface area contributed by atoms with Crippen LogP contribution in [0.3, 0.4) is 0 Å². The average molecular weight is 526 g/mol. The molecule has 36 heavy (non-hydrogen) atoms. The van der Waals surface area contributed by atoms with Gasteiger partial charge in [-0.2, -0.15) is 4.98 Å². The van der Waals surface area contributed by atoms with Gasteiger partial charge < -0.3 is 24.7 Å². The lowest BCUT2D eigenvalue weighted by Gasteiger charge is -2.31. The van der Waals surface area contributed by atoms with Crippen LogP contribution < -0.4 is 26.7 Å². The second-order valence-corrected chi connectivity index (χ2v) is 8.81. The summed E-state index contributed by atoms with van der Waals surface area (Å²) in [6, 6.07) is 2.54. The number of piperidine rings is 1. The Bertz CT molecular complexity index is 1450. The van der Waals surface area contributed by atoms with Crippen molar-refractivity contribution in [2.24, 2.45) is 7.05 Å². The molecule has 14 heteroatoms. The number of carbonyl (C=O) groups excluding carboxylic acids is 1. The molecule has 1 saturated heterocycles. The third-order valence-electron chi connectivity index (χ3n) is 6.02. The molecule has 2 N–H and O–H groups in total. The Hall–Kier alpha value is -3.61. The molecule has 1 aliphatic rings. The number of benzene rings is 1. The molecule has 3 aromatic rings. The molecule has 0 spiro atoms. The number of fused-ring (bicyclic) bond motifs is 1. The molecule has 0 radical (unpaired) electrons. The number of nitrogens with one attached hydrogen (secondary N) is 2. The summed E-state index contributed by atoms with van der Waals surface area (Å²) >= 11 is 6.23. The van der Waals surface area contributed by atoms with E-state index in [9.17, 15) is 23.2 Å². The van der Waals surface area contributed by atoms with Crippen molar-refractivity contribution in [3.8, 4) is 0 Å². The SMILES string of the molecule is CNC(=O)CCn1c(=O)c(=O)n(C)c2c(F)cc(Nc3nc(N4CCC(F)(F)CC4)ncc3Cl)cc21. The molecule has 0 unspecified atom stereocenters. The van der Waals surface area contributed by atoms with Crippen LogP contribution in [-0.4, -0.2) is 51.1 Å². The molecule has 0 saturated carbocycles. The van der Waals surface area contributed by atoms with Crippen molar-refractivity contribution in [1.82, 2.24) is 24.4 Å². The van der Waals surface area contributed by atoms with Gasteiger partial charge in [0.15, 0.2) is 11.6 Å². The van der Waals surface area contributed by atoms with E-state index < -0.39 is 22.9 Å². The van der Waals surface area contributed by atoms with E-state index in [0.717, 1.165) is 15.2 Å². The number of carbonyl (C=O) groups is 1. The Morgan fingerprint density at radius 3 is 2.56 bits per heavy atom. The van der Waals surface area contributed by atoms with Gasteiger partial charge in [0.05, 0.1) is 11.7 Å². The van der Waals surface area contributed by atoms with Crippen LogP contribution in [0, 0.1) is 5.82 Å². The highest BCUT2D eigenvalue weighted by Gasteiger charge is 2.35. The molecule has 1 amide bonds. The van der Waals surface area contributed by atoms with Crippen molar-refractivity contribution in [2.75, 3.05) is 30.4 Å². The molecule has 1 aromatic carbocycles. The Kier molecular flexibility index (Phi) is 6.94. The summed E-state index contributed by atoms with van der Waals surface area (Å²) < 4.78 is 44.2. The van der Waals surface area contributed by atoms with Crippen molar-refractivity contribution in [3.05, 3.63) is 49.9 Å². The van der Waals surface area contributed by atoms with Gasteiger partial charge in [0.2, 0.25) is 11.9 Å². The fourth-order valence-electron chi connectivity index (χ4n) is 3.99. The van der Waals surface area contributed by atoms with E-state index in [4.69, 9.17) is 11.6 Å². The largest absolute Gasteiger partial charge is 0.359 e. The number of amides is 1. The predicted molar refractivity (Wildman–Crippen MR) is 129 cm³/mol. The Labute approximate surface area is 207 Å². The number of rotatable bonds is 6. The summed E-state index contributed by atoms with van der Waals surface area (Å²) in [6.45, 7) is -0.0272. The number of halogens is 4. The van der Waals surface area contributed by atoms with Crippen molar-refractivity contribution in [3.63, 3.8) is 0 Å². The van der Waals surface area contributed by atoms with Crippen LogP contribution in [0.15, 0.2) is 27.9 Å². The highest BCUT2D eigenvalue weighted by atomic mass is 35.5. The van der Waals surface area contributed by atoms with E-state index in [1.807, 2.05) is 0 Å². The first-order chi connectivity index (χ1) is 17.0. The quantitative estimate of drug-likeness (QED) is 0.475. The van der Waals surface area contributed by atoms with Gasteiger partial charge in [-0.15, -0.1) is 0 Å². The number of aryl methyl sites for hydroxylation is 2. The van der Waals surface area contributed by atoms with Gasteiger partial charge in [-0.3, -0.25) is 14.4 Å². The molecule has 0 atom stereocenters. The third kappa shape index (κ3) is 5.01. The van der Waals surface area contributed by atoms with Crippen LogP contribution in [0.5, 0.6) is 0 Å². The fraction of sp³-hybridized carbons (Fsp3) is 0.409. The van der Waals surface area contributed by atoms with Crippen LogP contribution in [-0.2, 0) is 18.4 Å². The number of anilines is 3. The number of hydrogen-bond donors (Lipinski definition) is 2. The Balaban J connectivity index is 1.73. The van der Waals surface area contributed by atoms with E-state index in [1.54, 1.807) is 4.90 Å². The Morgan fingerprint density at radius 2 is 1.89 bits per heavy atom. The Morgan fingerprint density at radius 1 is 1.19 bits per heavy atom. The minimum absolute atomic E-state index is 0.0598. The minimum atomic E-state index is -2.74. The first kappa shape index (κ1) is 25.5. The molecule has 0 bridgehead atoms. The maximum atomic E-state index is 15.2. The lowest BCUT2D eigenvalue weighted by atomic mass is 10.1. The third-order valence-corrected chi connectivity index (χ3v) is 6.29. The molecule has 0 aliphatic carbocycles. The second kappa shape index (κ2) is 9.80. The zero-order valence-corrected chi connectivity index (χ0v) is 20.2. The lowest BCUT2D eigenvalue weighted by Crippen LogP contribution is -2.41. The van der Waals surface area contributed by atoms with Crippen LogP contribution in [0.4, 0.5) is 30.6 Å². The van der Waals surface area contributed by atoms with Crippen molar-refractivity contribution >= 4 is 46.0 Å². The van der Waals surface area contributed by atoms with Crippen LogP contribution in [0.2, 0.25) is 5.02 Å². The number of nitrogens with zero attached hydrogens (tertiary/aromatic N) is 5.